The molecule has 0 unspecified atom stereocenters. The Morgan fingerprint density at radius 2 is 1.63 bits per heavy atom. The lowest BCUT2D eigenvalue weighted by atomic mass is 10.2. The number of hydrogen-bond donors (Lipinski definition) is 1. The molecular weight excluding hydrogens is 340 g/mol. The zero-order valence-electron chi connectivity index (χ0n) is 16.4. The van der Waals surface area contributed by atoms with Crippen molar-refractivity contribution in [2.75, 3.05) is 61.4 Å². The molecule has 1 fully saturated rings. The molecule has 27 heavy (non-hydrogen) atoms. The lowest BCUT2D eigenvalue weighted by molar-refractivity contribution is 0.102. The maximum atomic E-state index is 12.4. The monoisotopic (exact) mass is 368 g/mol. The topological polar surface area (TPSA) is 64.6 Å². The summed E-state index contributed by atoms with van der Waals surface area (Å²) in [6.45, 7) is 9.97. The molecule has 2 aromatic rings. The molecule has 7 heteroatoms. The molecule has 0 radical (unpaired) electrons. The van der Waals surface area contributed by atoms with Crippen LogP contribution < -0.4 is 15.1 Å². The Bertz CT molecular complexity index is 734. The third kappa shape index (κ3) is 4.74. The molecule has 2 heterocycles. The van der Waals surface area contributed by atoms with Crippen LogP contribution in [0, 0.1) is 0 Å². The van der Waals surface area contributed by atoms with Gasteiger partial charge in [-0.3, -0.25) is 4.79 Å². The number of nitrogens with zero attached hydrogens (tertiary/aromatic N) is 5. The van der Waals surface area contributed by atoms with E-state index in [1.807, 2.05) is 17.0 Å². The van der Waals surface area contributed by atoms with Gasteiger partial charge in [0.2, 0.25) is 5.95 Å². The molecule has 0 saturated carbocycles. The second kappa shape index (κ2) is 8.81. The first-order valence-corrected chi connectivity index (χ1v) is 9.52. The van der Waals surface area contributed by atoms with Crippen molar-refractivity contribution in [1.82, 2.24) is 14.9 Å². The molecule has 0 bridgehead atoms. The number of hydrogen-bond acceptors (Lipinski definition) is 6. The van der Waals surface area contributed by atoms with Gasteiger partial charge in [0.05, 0.1) is 5.56 Å². The lowest BCUT2D eigenvalue weighted by Gasteiger charge is -2.34. The molecule has 1 aromatic heterocycles. The zero-order valence-corrected chi connectivity index (χ0v) is 16.4. The van der Waals surface area contributed by atoms with Crippen molar-refractivity contribution in [3.8, 4) is 0 Å². The van der Waals surface area contributed by atoms with Crippen LogP contribution in [0.1, 0.15) is 24.2 Å². The van der Waals surface area contributed by atoms with Crippen LogP contribution in [-0.4, -0.2) is 67.1 Å². The first kappa shape index (κ1) is 19.1. The van der Waals surface area contributed by atoms with Crippen LogP contribution in [0.15, 0.2) is 36.7 Å². The van der Waals surface area contributed by atoms with E-state index >= 15 is 0 Å². The molecule has 1 aliphatic heterocycles. The van der Waals surface area contributed by atoms with Gasteiger partial charge in [-0.25, -0.2) is 9.97 Å². The fraction of sp³-hybridized carbons (Fsp3) is 0.450. The molecular formula is C20H28N6O. The Kier molecular flexibility index (Phi) is 6.24. The number of rotatable bonds is 6. The van der Waals surface area contributed by atoms with Gasteiger partial charge in [0.25, 0.3) is 5.91 Å². The minimum Gasteiger partial charge on any atom is -0.369 e. The molecule has 1 saturated heterocycles. The van der Waals surface area contributed by atoms with Crippen molar-refractivity contribution >= 4 is 23.2 Å². The van der Waals surface area contributed by atoms with Crippen LogP contribution in [-0.2, 0) is 0 Å². The average molecular weight is 368 g/mol. The molecule has 7 nitrogen and oxygen atoms in total. The van der Waals surface area contributed by atoms with Crippen LogP contribution in [0.2, 0.25) is 0 Å². The van der Waals surface area contributed by atoms with E-state index < -0.39 is 0 Å². The second-order valence-corrected chi connectivity index (χ2v) is 6.74. The smallest absolute Gasteiger partial charge is 0.258 e. The minimum absolute atomic E-state index is 0.201. The summed E-state index contributed by atoms with van der Waals surface area (Å²) in [5.74, 6) is 0.446. The average Bonchev–Trinajstić information content (AvgIpc) is 2.71. The quantitative estimate of drug-likeness (QED) is 0.844. The molecule has 1 amide bonds. The number of benzene rings is 1. The highest BCUT2D eigenvalue weighted by Gasteiger charge is 2.14. The molecule has 0 spiro atoms. The summed E-state index contributed by atoms with van der Waals surface area (Å²) in [7, 11) is 2.15. The molecule has 3 rings (SSSR count). The van der Waals surface area contributed by atoms with E-state index in [0.29, 0.717) is 11.5 Å². The molecule has 1 aliphatic rings. The SMILES string of the molecule is CCN(CC)c1ncc(C(=O)Nc2ccc(N3CCN(C)CC3)cc2)cn1. The standard InChI is InChI=1S/C20H28N6O/c1-4-25(5-2)20-21-14-16(15-22-20)19(27)23-17-6-8-18(9-7-17)26-12-10-24(3)11-13-26/h6-9,14-15H,4-5,10-13H2,1-3H3,(H,23,27). The number of anilines is 3. The largest absolute Gasteiger partial charge is 0.369 e. The first-order valence-electron chi connectivity index (χ1n) is 9.52. The van der Waals surface area contributed by atoms with E-state index in [1.54, 1.807) is 12.4 Å². The van der Waals surface area contributed by atoms with Gasteiger partial charge in [-0.2, -0.15) is 0 Å². The van der Waals surface area contributed by atoms with Gasteiger partial charge in [0.1, 0.15) is 0 Å². The number of amides is 1. The number of aromatic nitrogens is 2. The van der Waals surface area contributed by atoms with Crippen LogP contribution >= 0.6 is 0 Å². The molecule has 144 valence electrons. The maximum absolute atomic E-state index is 12.4. The summed E-state index contributed by atoms with van der Waals surface area (Å²) in [4.78, 5) is 27.8. The van der Waals surface area contributed by atoms with E-state index in [1.165, 1.54) is 5.69 Å². The lowest BCUT2D eigenvalue weighted by Crippen LogP contribution is -2.44. The van der Waals surface area contributed by atoms with Gasteiger partial charge in [-0.15, -0.1) is 0 Å². The molecule has 0 aliphatic carbocycles. The van der Waals surface area contributed by atoms with Gasteiger partial charge in [-0.05, 0) is 45.2 Å². The maximum Gasteiger partial charge on any atom is 0.258 e. The zero-order chi connectivity index (χ0) is 19.2. The fourth-order valence-electron chi connectivity index (χ4n) is 3.13. The van der Waals surface area contributed by atoms with E-state index in [-0.39, 0.29) is 5.91 Å². The van der Waals surface area contributed by atoms with Crippen molar-refractivity contribution < 1.29 is 4.79 Å². The second-order valence-electron chi connectivity index (χ2n) is 6.74. The summed E-state index contributed by atoms with van der Waals surface area (Å²) in [5.41, 5.74) is 2.41. The van der Waals surface area contributed by atoms with Gasteiger partial charge >= 0.3 is 0 Å². The molecule has 0 atom stereocenters. The number of carbonyl (C=O) groups is 1. The highest BCUT2D eigenvalue weighted by atomic mass is 16.1. The number of piperazine rings is 1. The minimum atomic E-state index is -0.201. The summed E-state index contributed by atoms with van der Waals surface area (Å²) >= 11 is 0. The number of nitrogens with one attached hydrogen (secondary N) is 1. The van der Waals surface area contributed by atoms with E-state index in [9.17, 15) is 4.79 Å². The number of carbonyl (C=O) groups excluding carboxylic acids is 1. The van der Waals surface area contributed by atoms with Gasteiger partial charge in [0, 0.05) is 63.0 Å². The predicted octanol–water partition coefficient (Wildman–Crippen LogP) is 2.33. The normalized spacial score (nSPS) is 14.9. The highest BCUT2D eigenvalue weighted by Crippen LogP contribution is 2.20. The Labute approximate surface area is 161 Å². The van der Waals surface area contributed by atoms with Gasteiger partial charge in [0.15, 0.2) is 0 Å². The van der Waals surface area contributed by atoms with E-state index in [0.717, 1.165) is 45.0 Å². The van der Waals surface area contributed by atoms with Crippen molar-refractivity contribution in [1.29, 1.82) is 0 Å². The Morgan fingerprint density at radius 3 is 2.19 bits per heavy atom. The third-order valence-corrected chi connectivity index (χ3v) is 4.94. The van der Waals surface area contributed by atoms with Crippen molar-refractivity contribution in [3.05, 3.63) is 42.2 Å². The summed E-state index contributed by atoms with van der Waals surface area (Å²) in [6.07, 6.45) is 3.16. The summed E-state index contributed by atoms with van der Waals surface area (Å²) in [6, 6.07) is 8.00. The van der Waals surface area contributed by atoms with Crippen molar-refractivity contribution in [3.63, 3.8) is 0 Å². The van der Waals surface area contributed by atoms with Crippen molar-refractivity contribution in [2.24, 2.45) is 0 Å². The Morgan fingerprint density at radius 1 is 1.04 bits per heavy atom. The van der Waals surface area contributed by atoms with Crippen LogP contribution in [0.5, 0.6) is 0 Å². The van der Waals surface area contributed by atoms with Crippen LogP contribution in [0.25, 0.3) is 0 Å². The third-order valence-electron chi connectivity index (χ3n) is 4.94. The van der Waals surface area contributed by atoms with E-state index in [2.05, 4.69) is 58.1 Å². The Hall–Kier alpha value is -2.67. The predicted molar refractivity (Wildman–Crippen MR) is 110 cm³/mol. The fourth-order valence-corrected chi connectivity index (χ4v) is 3.13. The van der Waals surface area contributed by atoms with Gasteiger partial charge < -0.3 is 20.0 Å². The van der Waals surface area contributed by atoms with Crippen LogP contribution in [0.4, 0.5) is 17.3 Å². The first-order chi connectivity index (χ1) is 13.1. The van der Waals surface area contributed by atoms with Crippen molar-refractivity contribution in [2.45, 2.75) is 13.8 Å². The molecule has 1 aromatic carbocycles. The summed E-state index contributed by atoms with van der Waals surface area (Å²) in [5, 5.41) is 2.91. The highest BCUT2D eigenvalue weighted by molar-refractivity contribution is 6.03. The van der Waals surface area contributed by atoms with Gasteiger partial charge in [-0.1, -0.05) is 0 Å². The van der Waals surface area contributed by atoms with E-state index in [4.69, 9.17) is 0 Å². The summed E-state index contributed by atoms with van der Waals surface area (Å²) < 4.78 is 0. The Balaban J connectivity index is 1.60. The van der Waals surface area contributed by atoms with Crippen LogP contribution in [0.3, 0.4) is 0 Å². The molecule has 1 N–H and O–H groups in total. The number of likely N-dealkylation sites (N-methyl/N-ethyl adjacent to an activating group) is 1.